The van der Waals surface area contributed by atoms with Gasteiger partial charge in [-0.25, -0.2) is 0 Å². The summed E-state index contributed by atoms with van der Waals surface area (Å²) >= 11 is 5.78. The first-order valence-corrected chi connectivity index (χ1v) is 9.10. The lowest BCUT2D eigenvalue weighted by molar-refractivity contribution is -0.385. The van der Waals surface area contributed by atoms with Crippen molar-refractivity contribution in [3.63, 3.8) is 0 Å². The standard InChI is InChI=1S/C19H20ClN3O5/c1-27-17-5-3-2-4-15(17)21-8-10-22(11-9-21)19(24)13-28-18-7-6-14(20)12-16(18)23(25)26/h2-7,12H,8-11,13H2,1H3. The molecular formula is C19H20ClN3O5. The quantitative estimate of drug-likeness (QED) is 0.542. The smallest absolute Gasteiger partial charge is 0.312 e. The van der Waals surface area contributed by atoms with E-state index in [-0.39, 0.29) is 29.0 Å². The molecule has 0 aromatic heterocycles. The molecule has 0 aliphatic carbocycles. The number of carbonyl (C=O) groups is 1. The summed E-state index contributed by atoms with van der Waals surface area (Å²) in [5.41, 5.74) is 0.728. The zero-order valence-electron chi connectivity index (χ0n) is 15.3. The molecule has 1 fully saturated rings. The highest BCUT2D eigenvalue weighted by molar-refractivity contribution is 6.30. The van der Waals surface area contributed by atoms with Crippen LogP contribution in [0.4, 0.5) is 11.4 Å². The van der Waals surface area contributed by atoms with E-state index in [4.69, 9.17) is 21.1 Å². The second-order valence-electron chi connectivity index (χ2n) is 6.20. The van der Waals surface area contributed by atoms with Crippen LogP contribution < -0.4 is 14.4 Å². The lowest BCUT2D eigenvalue weighted by Gasteiger charge is -2.36. The van der Waals surface area contributed by atoms with E-state index in [2.05, 4.69) is 4.90 Å². The topological polar surface area (TPSA) is 85.2 Å². The number of anilines is 1. The number of rotatable bonds is 6. The molecule has 0 atom stereocenters. The normalized spacial score (nSPS) is 13.9. The molecule has 9 heteroatoms. The lowest BCUT2D eigenvalue weighted by Crippen LogP contribution is -2.50. The average Bonchev–Trinajstić information content (AvgIpc) is 2.72. The van der Waals surface area contributed by atoms with Crippen molar-refractivity contribution < 1.29 is 19.2 Å². The molecule has 2 aromatic rings. The first-order chi connectivity index (χ1) is 13.5. The van der Waals surface area contributed by atoms with E-state index in [1.807, 2.05) is 24.3 Å². The molecule has 1 aliphatic rings. The van der Waals surface area contributed by atoms with Crippen LogP contribution in [0.3, 0.4) is 0 Å². The van der Waals surface area contributed by atoms with E-state index >= 15 is 0 Å². The number of methoxy groups -OCH3 is 1. The van der Waals surface area contributed by atoms with E-state index in [1.165, 1.54) is 18.2 Å². The fraction of sp³-hybridized carbons (Fsp3) is 0.316. The van der Waals surface area contributed by atoms with Gasteiger partial charge in [0.2, 0.25) is 0 Å². The van der Waals surface area contributed by atoms with Crippen molar-refractivity contribution >= 4 is 28.9 Å². The highest BCUT2D eigenvalue weighted by Gasteiger charge is 2.24. The third kappa shape index (κ3) is 4.45. The number of para-hydroxylation sites is 2. The van der Waals surface area contributed by atoms with Gasteiger partial charge in [0.05, 0.1) is 17.7 Å². The first kappa shape index (κ1) is 19.8. The van der Waals surface area contributed by atoms with Gasteiger partial charge in [0.25, 0.3) is 5.91 Å². The average molecular weight is 406 g/mol. The molecule has 2 aromatic carbocycles. The summed E-state index contributed by atoms with van der Waals surface area (Å²) < 4.78 is 10.8. The maximum absolute atomic E-state index is 12.4. The van der Waals surface area contributed by atoms with Gasteiger partial charge in [0, 0.05) is 37.3 Å². The van der Waals surface area contributed by atoms with E-state index in [9.17, 15) is 14.9 Å². The van der Waals surface area contributed by atoms with Crippen molar-refractivity contribution in [1.29, 1.82) is 0 Å². The molecule has 0 bridgehead atoms. The monoisotopic (exact) mass is 405 g/mol. The number of halogens is 1. The zero-order chi connectivity index (χ0) is 20.1. The highest BCUT2D eigenvalue weighted by Crippen LogP contribution is 2.30. The molecule has 3 rings (SSSR count). The number of hydrogen-bond acceptors (Lipinski definition) is 6. The summed E-state index contributed by atoms with van der Waals surface area (Å²) in [6.45, 7) is 2.11. The number of amides is 1. The Labute approximate surface area is 167 Å². The SMILES string of the molecule is COc1ccccc1N1CCN(C(=O)COc2ccc(Cl)cc2[N+](=O)[O-])CC1. The molecule has 1 aliphatic heterocycles. The Hall–Kier alpha value is -3.00. The Morgan fingerprint density at radius 3 is 2.54 bits per heavy atom. The van der Waals surface area contributed by atoms with Gasteiger partial charge in [0.1, 0.15) is 5.75 Å². The molecule has 28 heavy (non-hydrogen) atoms. The van der Waals surface area contributed by atoms with Crippen molar-refractivity contribution in [2.24, 2.45) is 0 Å². The number of piperazine rings is 1. The molecule has 1 amide bonds. The molecule has 1 saturated heterocycles. The number of nitro benzene ring substituents is 1. The number of nitro groups is 1. The van der Waals surface area contributed by atoms with E-state index in [0.717, 1.165) is 11.4 Å². The third-order valence-corrected chi connectivity index (χ3v) is 4.76. The summed E-state index contributed by atoms with van der Waals surface area (Å²) in [4.78, 5) is 26.8. The highest BCUT2D eigenvalue weighted by atomic mass is 35.5. The summed E-state index contributed by atoms with van der Waals surface area (Å²) in [5, 5.41) is 11.3. The van der Waals surface area contributed by atoms with Crippen LogP contribution in [-0.4, -0.2) is 55.6 Å². The van der Waals surface area contributed by atoms with Crippen LogP contribution in [0.5, 0.6) is 11.5 Å². The van der Waals surface area contributed by atoms with Crippen molar-refractivity contribution in [2.45, 2.75) is 0 Å². The minimum Gasteiger partial charge on any atom is -0.495 e. The maximum atomic E-state index is 12.4. The molecule has 8 nitrogen and oxygen atoms in total. The number of hydrogen-bond donors (Lipinski definition) is 0. The molecule has 0 unspecified atom stereocenters. The van der Waals surface area contributed by atoms with Crippen molar-refractivity contribution in [2.75, 3.05) is 44.8 Å². The second kappa shape index (κ2) is 8.79. The maximum Gasteiger partial charge on any atom is 0.312 e. The summed E-state index contributed by atoms with van der Waals surface area (Å²) in [6.07, 6.45) is 0. The number of ether oxygens (including phenoxy) is 2. The number of carbonyl (C=O) groups excluding carboxylic acids is 1. The van der Waals surface area contributed by atoms with Crippen LogP contribution in [0.2, 0.25) is 5.02 Å². The molecule has 1 heterocycles. The number of benzene rings is 2. The Bertz CT molecular complexity index is 868. The van der Waals surface area contributed by atoms with Gasteiger partial charge in [0.15, 0.2) is 12.4 Å². The fourth-order valence-electron chi connectivity index (χ4n) is 3.07. The Balaban J connectivity index is 1.57. The predicted molar refractivity (Wildman–Crippen MR) is 105 cm³/mol. The second-order valence-corrected chi connectivity index (χ2v) is 6.63. The first-order valence-electron chi connectivity index (χ1n) is 8.72. The lowest BCUT2D eigenvalue weighted by atomic mass is 10.2. The molecular weight excluding hydrogens is 386 g/mol. The summed E-state index contributed by atoms with van der Waals surface area (Å²) in [7, 11) is 1.63. The van der Waals surface area contributed by atoms with Gasteiger partial charge in [-0.05, 0) is 24.3 Å². The van der Waals surface area contributed by atoms with Crippen molar-refractivity contribution in [1.82, 2.24) is 4.90 Å². The van der Waals surface area contributed by atoms with Gasteiger partial charge >= 0.3 is 5.69 Å². The minimum atomic E-state index is -0.586. The Morgan fingerprint density at radius 2 is 1.86 bits per heavy atom. The van der Waals surface area contributed by atoms with Crippen molar-refractivity contribution in [3.05, 3.63) is 57.6 Å². The van der Waals surface area contributed by atoms with Crippen LogP contribution in [0.15, 0.2) is 42.5 Å². The van der Waals surface area contributed by atoms with Crippen LogP contribution in [0.25, 0.3) is 0 Å². The van der Waals surface area contributed by atoms with Gasteiger partial charge < -0.3 is 19.3 Å². The van der Waals surface area contributed by atoms with Gasteiger partial charge in [-0.3, -0.25) is 14.9 Å². The van der Waals surface area contributed by atoms with E-state index in [0.29, 0.717) is 26.2 Å². The van der Waals surface area contributed by atoms with Crippen molar-refractivity contribution in [3.8, 4) is 11.5 Å². The predicted octanol–water partition coefficient (Wildman–Crippen LogP) is 2.98. The van der Waals surface area contributed by atoms with Gasteiger partial charge in [-0.1, -0.05) is 23.7 Å². The van der Waals surface area contributed by atoms with Gasteiger partial charge in [-0.2, -0.15) is 0 Å². The molecule has 0 N–H and O–H groups in total. The summed E-state index contributed by atoms with van der Waals surface area (Å²) in [6, 6.07) is 11.8. The van der Waals surface area contributed by atoms with Crippen LogP contribution in [-0.2, 0) is 4.79 Å². The third-order valence-electron chi connectivity index (χ3n) is 4.53. The van der Waals surface area contributed by atoms with E-state index in [1.54, 1.807) is 12.0 Å². The van der Waals surface area contributed by atoms with Crippen LogP contribution in [0, 0.1) is 10.1 Å². The fourth-order valence-corrected chi connectivity index (χ4v) is 3.24. The van der Waals surface area contributed by atoms with Gasteiger partial charge in [-0.15, -0.1) is 0 Å². The Morgan fingerprint density at radius 1 is 1.14 bits per heavy atom. The van der Waals surface area contributed by atoms with E-state index < -0.39 is 4.92 Å². The Kier molecular flexibility index (Phi) is 6.20. The summed E-state index contributed by atoms with van der Waals surface area (Å²) in [5.74, 6) is 0.597. The molecule has 0 radical (unpaired) electrons. The molecule has 0 spiro atoms. The van der Waals surface area contributed by atoms with Crippen LogP contribution in [0.1, 0.15) is 0 Å². The minimum absolute atomic E-state index is 0.0235. The largest absolute Gasteiger partial charge is 0.495 e. The zero-order valence-corrected chi connectivity index (χ0v) is 16.1. The van der Waals surface area contributed by atoms with Crippen LogP contribution >= 0.6 is 11.6 Å². The number of nitrogens with zero attached hydrogens (tertiary/aromatic N) is 3. The molecule has 148 valence electrons. The molecule has 0 saturated carbocycles.